The summed E-state index contributed by atoms with van der Waals surface area (Å²) in [6.45, 7) is 8.23. The van der Waals surface area contributed by atoms with E-state index in [1.807, 2.05) is 45.2 Å². The third kappa shape index (κ3) is 3.70. The van der Waals surface area contributed by atoms with Crippen LogP contribution in [0, 0.1) is 0 Å². The highest BCUT2D eigenvalue weighted by Gasteiger charge is 2.27. The summed E-state index contributed by atoms with van der Waals surface area (Å²) in [6, 6.07) is 10.2. The van der Waals surface area contributed by atoms with Crippen LogP contribution in [0.1, 0.15) is 32.0 Å². The molecule has 1 aromatic heterocycles. The van der Waals surface area contributed by atoms with Gasteiger partial charge in [0, 0.05) is 18.7 Å². The molecule has 6 heteroatoms. The first-order valence-corrected chi connectivity index (χ1v) is 9.36. The molecule has 1 aromatic carbocycles. The van der Waals surface area contributed by atoms with Gasteiger partial charge in [-0.15, -0.1) is 0 Å². The quantitative estimate of drug-likeness (QED) is 0.765. The van der Waals surface area contributed by atoms with Gasteiger partial charge in [-0.05, 0) is 44.5 Å². The molecule has 0 saturated heterocycles. The van der Waals surface area contributed by atoms with Crippen LogP contribution in [0.3, 0.4) is 0 Å². The molecule has 1 amide bonds. The van der Waals surface area contributed by atoms with Gasteiger partial charge in [0.15, 0.2) is 0 Å². The van der Waals surface area contributed by atoms with Crippen molar-refractivity contribution in [2.24, 2.45) is 0 Å². The molecule has 142 valence electrons. The van der Waals surface area contributed by atoms with Gasteiger partial charge < -0.3 is 19.3 Å². The lowest BCUT2D eigenvalue weighted by Crippen LogP contribution is -2.40. The summed E-state index contributed by atoms with van der Waals surface area (Å²) in [6.07, 6.45) is 2.40. The number of benzene rings is 1. The Morgan fingerprint density at radius 2 is 2.04 bits per heavy atom. The van der Waals surface area contributed by atoms with Crippen molar-refractivity contribution in [3.63, 3.8) is 0 Å². The fourth-order valence-electron chi connectivity index (χ4n) is 3.48. The number of para-hydroxylation sites is 2. The van der Waals surface area contributed by atoms with Crippen molar-refractivity contribution >= 4 is 17.5 Å². The average molecular weight is 367 g/mol. The maximum absolute atomic E-state index is 12.4. The van der Waals surface area contributed by atoms with Gasteiger partial charge in [-0.25, -0.2) is 4.79 Å². The average Bonchev–Trinajstić information content (AvgIpc) is 2.65. The molecule has 27 heavy (non-hydrogen) atoms. The van der Waals surface area contributed by atoms with Crippen molar-refractivity contribution in [1.29, 1.82) is 0 Å². The lowest BCUT2D eigenvalue weighted by Gasteiger charge is -2.33. The number of nitrogens with zero attached hydrogens (tertiary/aromatic N) is 3. The lowest BCUT2D eigenvalue weighted by molar-refractivity contribution is 0.0223. The fraction of sp³-hybridized carbons (Fsp3) is 0.429. The molecular weight excluding hydrogens is 342 g/mol. The Hall–Kier alpha value is -2.76. The summed E-state index contributed by atoms with van der Waals surface area (Å²) >= 11 is 0. The van der Waals surface area contributed by atoms with Crippen molar-refractivity contribution in [1.82, 2.24) is 9.88 Å². The van der Waals surface area contributed by atoms with Crippen LogP contribution >= 0.6 is 0 Å². The number of carbonyl (C=O) groups is 1. The molecule has 0 aliphatic carbocycles. The Bertz CT molecular complexity index is 860. The zero-order chi connectivity index (χ0) is 19.0. The first-order chi connectivity index (χ1) is 12.9. The van der Waals surface area contributed by atoms with Crippen LogP contribution in [-0.4, -0.2) is 41.3 Å². The number of aromatic nitrogens is 1. The predicted octanol–water partition coefficient (Wildman–Crippen LogP) is 3.91. The number of hydrogen-bond acceptors (Lipinski definition) is 5. The number of fused-ring (bicyclic) bond motifs is 2. The molecule has 0 fully saturated rings. The van der Waals surface area contributed by atoms with Crippen molar-refractivity contribution in [2.75, 3.05) is 24.6 Å². The number of rotatable bonds is 1. The molecular formula is C21H25N3O3. The second kappa shape index (κ2) is 6.76. The van der Waals surface area contributed by atoms with Gasteiger partial charge in [-0.2, -0.15) is 0 Å². The van der Waals surface area contributed by atoms with Crippen LogP contribution in [-0.2, 0) is 17.7 Å². The number of amides is 1. The zero-order valence-electron chi connectivity index (χ0n) is 16.1. The van der Waals surface area contributed by atoms with Crippen LogP contribution in [0.25, 0.3) is 0 Å². The molecule has 2 aromatic rings. The van der Waals surface area contributed by atoms with Crippen LogP contribution in [0.4, 0.5) is 16.2 Å². The van der Waals surface area contributed by atoms with Gasteiger partial charge in [0.25, 0.3) is 0 Å². The van der Waals surface area contributed by atoms with Gasteiger partial charge in [-0.1, -0.05) is 12.1 Å². The monoisotopic (exact) mass is 367 g/mol. The molecule has 4 rings (SSSR count). The molecule has 2 aliphatic heterocycles. The largest absolute Gasteiger partial charge is 0.490 e. The molecule has 0 unspecified atom stereocenters. The summed E-state index contributed by atoms with van der Waals surface area (Å²) < 4.78 is 11.3. The van der Waals surface area contributed by atoms with E-state index in [1.54, 1.807) is 4.90 Å². The topological polar surface area (TPSA) is 54.9 Å². The number of ether oxygens (including phenoxy) is 2. The van der Waals surface area contributed by atoms with Crippen LogP contribution in [0.5, 0.6) is 5.75 Å². The third-order valence-corrected chi connectivity index (χ3v) is 4.72. The van der Waals surface area contributed by atoms with Crippen LogP contribution in [0.15, 0.2) is 36.5 Å². The Morgan fingerprint density at radius 1 is 1.22 bits per heavy atom. The Balaban J connectivity index is 1.58. The molecule has 3 heterocycles. The van der Waals surface area contributed by atoms with Gasteiger partial charge >= 0.3 is 6.09 Å². The lowest BCUT2D eigenvalue weighted by atomic mass is 10.0. The fourth-order valence-corrected chi connectivity index (χ4v) is 3.48. The van der Waals surface area contributed by atoms with Gasteiger partial charge in [0.05, 0.1) is 30.7 Å². The van der Waals surface area contributed by atoms with E-state index >= 15 is 0 Å². The van der Waals surface area contributed by atoms with Gasteiger partial charge in [-0.3, -0.25) is 4.98 Å². The minimum absolute atomic E-state index is 0.268. The van der Waals surface area contributed by atoms with Crippen molar-refractivity contribution < 1.29 is 14.3 Å². The molecule has 0 spiro atoms. The van der Waals surface area contributed by atoms with E-state index in [4.69, 9.17) is 9.47 Å². The SMILES string of the molecule is CC(C)(C)OC(=O)N1CCc2ncc(N3CCOc4ccccc43)cc2C1. The Labute approximate surface area is 159 Å². The summed E-state index contributed by atoms with van der Waals surface area (Å²) in [5.74, 6) is 0.886. The minimum atomic E-state index is -0.491. The summed E-state index contributed by atoms with van der Waals surface area (Å²) in [5, 5.41) is 0. The molecule has 0 N–H and O–H groups in total. The maximum atomic E-state index is 12.4. The van der Waals surface area contributed by atoms with E-state index < -0.39 is 5.60 Å². The van der Waals surface area contributed by atoms with Gasteiger partial charge in [0.1, 0.15) is 18.0 Å². The number of carbonyl (C=O) groups excluding carboxylic acids is 1. The second-order valence-corrected chi connectivity index (χ2v) is 7.92. The molecule has 2 aliphatic rings. The van der Waals surface area contributed by atoms with Crippen molar-refractivity contribution in [3.8, 4) is 5.75 Å². The first kappa shape index (κ1) is 17.6. The van der Waals surface area contributed by atoms with E-state index in [9.17, 15) is 4.79 Å². The smallest absolute Gasteiger partial charge is 0.410 e. The second-order valence-electron chi connectivity index (χ2n) is 7.92. The standard InChI is InChI=1S/C21H25N3O3/c1-21(2,3)27-20(25)23-9-8-17-15(14-23)12-16(13-22-17)24-10-11-26-19-7-5-4-6-18(19)24/h4-7,12-13H,8-11,14H2,1-3H3. The highest BCUT2D eigenvalue weighted by atomic mass is 16.6. The van der Waals surface area contributed by atoms with Crippen molar-refractivity contribution in [3.05, 3.63) is 47.8 Å². The summed E-state index contributed by atoms with van der Waals surface area (Å²) in [4.78, 5) is 21.1. The number of hydrogen-bond donors (Lipinski definition) is 0. The van der Waals surface area contributed by atoms with Crippen LogP contribution < -0.4 is 9.64 Å². The highest BCUT2D eigenvalue weighted by Crippen LogP contribution is 2.37. The minimum Gasteiger partial charge on any atom is -0.490 e. The van der Waals surface area contributed by atoms with E-state index in [1.165, 1.54) is 0 Å². The number of pyridine rings is 1. The van der Waals surface area contributed by atoms with Crippen LogP contribution in [0.2, 0.25) is 0 Å². The Morgan fingerprint density at radius 3 is 2.85 bits per heavy atom. The summed E-state index contributed by atoms with van der Waals surface area (Å²) in [7, 11) is 0. The van der Waals surface area contributed by atoms with E-state index in [0.717, 1.165) is 41.3 Å². The molecule has 0 saturated carbocycles. The van der Waals surface area contributed by atoms with E-state index in [0.29, 0.717) is 19.7 Å². The van der Waals surface area contributed by atoms with Gasteiger partial charge in [0.2, 0.25) is 0 Å². The van der Waals surface area contributed by atoms with E-state index in [2.05, 4.69) is 22.0 Å². The molecule has 6 nitrogen and oxygen atoms in total. The predicted molar refractivity (Wildman–Crippen MR) is 104 cm³/mol. The normalized spacial score (nSPS) is 16.3. The Kier molecular flexibility index (Phi) is 4.42. The highest BCUT2D eigenvalue weighted by molar-refractivity contribution is 5.71. The molecule has 0 bridgehead atoms. The zero-order valence-corrected chi connectivity index (χ0v) is 16.1. The number of anilines is 2. The molecule has 0 atom stereocenters. The van der Waals surface area contributed by atoms with Crippen molar-refractivity contribution in [2.45, 2.75) is 39.3 Å². The first-order valence-electron chi connectivity index (χ1n) is 9.36. The maximum Gasteiger partial charge on any atom is 0.410 e. The summed E-state index contributed by atoms with van der Waals surface area (Å²) in [5.41, 5.74) is 3.71. The van der Waals surface area contributed by atoms with E-state index in [-0.39, 0.29) is 6.09 Å². The third-order valence-electron chi connectivity index (χ3n) is 4.72. The molecule has 0 radical (unpaired) electrons.